The van der Waals surface area contributed by atoms with Gasteiger partial charge in [0.05, 0.1) is 5.02 Å². The van der Waals surface area contributed by atoms with Crippen LogP contribution < -0.4 is 11.1 Å². The van der Waals surface area contributed by atoms with Crippen molar-refractivity contribution in [2.45, 2.75) is 37.0 Å². The summed E-state index contributed by atoms with van der Waals surface area (Å²) in [5.41, 5.74) is 7.35. The first-order chi connectivity index (χ1) is 8.40. The topological polar surface area (TPSA) is 55.1 Å². The highest BCUT2D eigenvalue weighted by Crippen LogP contribution is 2.40. The third kappa shape index (κ3) is 2.51. The van der Waals surface area contributed by atoms with Crippen LogP contribution in [-0.4, -0.2) is 11.2 Å². The van der Waals surface area contributed by atoms with E-state index in [4.69, 9.17) is 17.3 Å². The molecule has 1 amide bonds. The van der Waals surface area contributed by atoms with Crippen molar-refractivity contribution in [1.29, 1.82) is 0 Å². The van der Waals surface area contributed by atoms with E-state index >= 15 is 0 Å². The van der Waals surface area contributed by atoms with Crippen LogP contribution in [0.15, 0.2) is 17.0 Å². The number of hydrogen-bond acceptors (Lipinski definition) is 3. The SMILES string of the molecule is CC(C)C(C)Sc1cc2c(cc1Cl)C(N)C(=O)N2. The Bertz CT molecular complexity index is 490. The summed E-state index contributed by atoms with van der Waals surface area (Å²) in [6.45, 7) is 6.52. The van der Waals surface area contributed by atoms with Crippen LogP contribution in [0.4, 0.5) is 5.69 Å². The van der Waals surface area contributed by atoms with Gasteiger partial charge in [-0.15, -0.1) is 11.8 Å². The predicted molar refractivity (Wildman–Crippen MR) is 77.2 cm³/mol. The molecule has 5 heteroatoms. The zero-order valence-electron chi connectivity index (χ0n) is 10.7. The van der Waals surface area contributed by atoms with Gasteiger partial charge >= 0.3 is 0 Å². The molecule has 1 aliphatic rings. The van der Waals surface area contributed by atoms with Crippen LogP contribution in [-0.2, 0) is 4.79 Å². The van der Waals surface area contributed by atoms with Crippen molar-refractivity contribution in [2.24, 2.45) is 11.7 Å². The van der Waals surface area contributed by atoms with Gasteiger partial charge in [-0.3, -0.25) is 4.79 Å². The highest BCUT2D eigenvalue weighted by Gasteiger charge is 2.28. The normalized spacial score (nSPS) is 19.9. The molecule has 0 fully saturated rings. The van der Waals surface area contributed by atoms with Gasteiger partial charge in [0.25, 0.3) is 0 Å². The standard InChI is InChI=1S/C13H17ClN2OS/c1-6(2)7(3)18-11-5-10-8(4-9(11)14)12(15)13(17)16-10/h4-7,12H,15H2,1-3H3,(H,16,17). The van der Waals surface area contributed by atoms with Crippen LogP contribution in [0.25, 0.3) is 0 Å². The van der Waals surface area contributed by atoms with Crippen LogP contribution >= 0.6 is 23.4 Å². The summed E-state index contributed by atoms with van der Waals surface area (Å²) in [6, 6.07) is 3.12. The summed E-state index contributed by atoms with van der Waals surface area (Å²) in [5.74, 6) is 0.399. The molecule has 1 aromatic rings. The van der Waals surface area contributed by atoms with E-state index in [1.165, 1.54) is 0 Å². The van der Waals surface area contributed by atoms with Crippen molar-refractivity contribution in [1.82, 2.24) is 0 Å². The van der Waals surface area contributed by atoms with Gasteiger partial charge in [-0.25, -0.2) is 0 Å². The number of hydrogen-bond donors (Lipinski definition) is 2. The molecular weight excluding hydrogens is 268 g/mol. The molecule has 18 heavy (non-hydrogen) atoms. The van der Waals surface area contributed by atoms with E-state index in [0.29, 0.717) is 16.2 Å². The molecule has 2 unspecified atom stereocenters. The smallest absolute Gasteiger partial charge is 0.245 e. The average Bonchev–Trinajstić information content (AvgIpc) is 2.56. The molecule has 2 rings (SSSR count). The van der Waals surface area contributed by atoms with Crippen molar-refractivity contribution >= 4 is 35.0 Å². The average molecular weight is 285 g/mol. The molecule has 0 spiro atoms. The molecule has 1 aliphatic heterocycles. The molecule has 0 aliphatic carbocycles. The highest BCUT2D eigenvalue weighted by molar-refractivity contribution is 8.00. The second kappa shape index (κ2) is 5.11. The monoisotopic (exact) mass is 284 g/mol. The maximum atomic E-state index is 11.5. The third-order valence-corrected chi connectivity index (χ3v) is 5.16. The number of nitrogens with two attached hydrogens (primary N) is 1. The van der Waals surface area contributed by atoms with E-state index in [2.05, 4.69) is 26.1 Å². The Morgan fingerprint density at radius 3 is 2.67 bits per heavy atom. The molecule has 1 heterocycles. The van der Waals surface area contributed by atoms with Gasteiger partial charge in [0.1, 0.15) is 6.04 Å². The van der Waals surface area contributed by atoms with Crippen LogP contribution in [0.5, 0.6) is 0 Å². The molecule has 0 saturated heterocycles. The molecule has 98 valence electrons. The zero-order valence-corrected chi connectivity index (χ0v) is 12.2. The minimum absolute atomic E-state index is 0.167. The first kappa shape index (κ1) is 13.7. The Balaban J connectivity index is 2.30. The van der Waals surface area contributed by atoms with Crippen molar-refractivity contribution in [3.05, 3.63) is 22.7 Å². The van der Waals surface area contributed by atoms with Gasteiger partial charge in [-0.1, -0.05) is 32.4 Å². The van der Waals surface area contributed by atoms with Gasteiger partial charge in [0.15, 0.2) is 0 Å². The number of anilines is 1. The number of benzene rings is 1. The van der Waals surface area contributed by atoms with E-state index in [-0.39, 0.29) is 5.91 Å². The van der Waals surface area contributed by atoms with Crippen LogP contribution in [0.2, 0.25) is 5.02 Å². The fourth-order valence-electron chi connectivity index (χ4n) is 1.71. The van der Waals surface area contributed by atoms with Crippen molar-refractivity contribution in [3.63, 3.8) is 0 Å². The molecule has 3 nitrogen and oxygen atoms in total. The van der Waals surface area contributed by atoms with E-state index in [1.807, 2.05) is 6.07 Å². The first-order valence-corrected chi connectivity index (χ1v) is 7.22. The lowest BCUT2D eigenvalue weighted by Gasteiger charge is -2.16. The molecule has 1 aromatic carbocycles. The summed E-state index contributed by atoms with van der Waals surface area (Å²) in [5, 5.41) is 3.91. The Morgan fingerprint density at radius 2 is 2.06 bits per heavy atom. The number of carbonyl (C=O) groups excluding carboxylic acids is 1. The molecule has 0 radical (unpaired) electrons. The zero-order chi connectivity index (χ0) is 13.4. The number of nitrogens with one attached hydrogen (secondary N) is 1. The van der Waals surface area contributed by atoms with E-state index in [1.54, 1.807) is 17.8 Å². The maximum Gasteiger partial charge on any atom is 0.245 e. The molecule has 0 saturated carbocycles. The summed E-state index contributed by atoms with van der Waals surface area (Å²) in [7, 11) is 0. The quantitative estimate of drug-likeness (QED) is 0.836. The summed E-state index contributed by atoms with van der Waals surface area (Å²) in [4.78, 5) is 12.5. The fraction of sp³-hybridized carbons (Fsp3) is 0.462. The van der Waals surface area contributed by atoms with Crippen LogP contribution in [0.3, 0.4) is 0 Å². The van der Waals surface area contributed by atoms with Crippen molar-refractivity contribution in [3.8, 4) is 0 Å². The number of fused-ring (bicyclic) bond motifs is 1. The van der Waals surface area contributed by atoms with Gasteiger partial charge in [0.2, 0.25) is 5.91 Å². The molecule has 3 N–H and O–H groups in total. The number of carbonyl (C=O) groups is 1. The minimum Gasteiger partial charge on any atom is -0.324 e. The van der Waals surface area contributed by atoms with Gasteiger partial charge in [-0.05, 0) is 18.1 Å². The molecule has 0 aromatic heterocycles. The fourth-order valence-corrected chi connectivity index (χ4v) is 3.05. The van der Waals surface area contributed by atoms with E-state index < -0.39 is 6.04 Å². The number of amides is 1. The molecule has 2 atom stereocenters. The van der Waals surface area contributed by atoms with Gasteiger partial charge in [-0.2, -0.15) is 0 Å². The number of halogens is 1. The maximum absolute atomic E-state index is 11.5. The predicted octanol–water partition coefficient (Wildman–Crippen LogP) is 3.43. The van der Waals surface area contributed by atoms with Crippen LogP contribution in [0.1, 0.15) is 32.4 Å². The highest BCUT2D eigenvalue weighted by atomic mass is 35.5. The third-order valence-electron chi connectivity index (χ3n) is 3.23. The van der Waals surface area contributed by atoms with E-state index in [0.717, 1.165) is 16.1 Å². The summed E-state index contributed by atoms with van der Waals surface area (Å²) < 4.78 is 0. The minimum atomic E-state index is -0.598. The second-order valence-electron chi connectivity index (χ2n) is 4.90. The second-order valence-corrected chi connectivity index (χ2v) is 6.73. The largest absolute Gasteiger partial charge is 0.324 e. The lowest BCUT2D eigenvalue weighted by atomic mass is 10.1. The number of thioether (sulfide) groups is 1. The molecule has 0 bridgehead atoms. The first-order valence-electron chi connectivity index (χ1n) is 5.96. The Kier molecular flexibility index (Phi) is 3.90. The van der Waals surface area contributed by atoms with Gasteiger partial charge < -0.3 is 11.1 Å². The number of rotatable bonds is 3. The van der Waals surface area contributed by atoms with Crippen molar-refractivity contribution < 1.29 is 4.79 Å². The summed E-state index contributed by atoms with van der Waals surface area (Å²) in [6.07, 6.45) is 0. The molecular formula is C13H17ClN2OS. The Morgan fingerprint density at radius 1 is 1.39 bits per heavy atom. The summed E-state index contributed by atoms with van der Waals surface area (Å²) >= 11 is 7.98. The van der Waals surface area contributed by atoms with Crippen LogP contribution in [0, 0.1) is 5.92 Å². The Hall–Kier alpha value is -0.710. The van der Waals surface area contributed by atoms with Gasteiger partial charge in [0, 0.05) is 21.4 Å². The van der Waals surface area contributed by atoms with E-state index in [9.17, 15) is 4.79 Å². The Labute approximate surface area is 116 Å². The lowest BCUT2D eigenvalue weighted by Crippen LogP contribution is -2.19. The van der Waals surface area contributed by atoms with Crippen molar-refractivity contribution in [2.75, 3.05) is 5.32 Å². The lowest BCUT2D eigenvalue weighted by molar-refractivity contribution is -0.116.